The first-order chi connectivity index (χ1) is 13.7. The minimum absolute atomic E-state index is 0. The Balaban J connectivity index is 0.00000420. The van der Waals surface area contributed by atoms with Crippen LogP contribution in [0.1, 0.15) is 24.5 Å². The molecule has 0 aliphatic carbocycles. The van der Waals surface area contributed by atoms with Crippen molar-refractivity contribution in [1.82, 2.24) is 10.6 Å². The van der Waals surface area contributed by atoms with E-state index < -0.39 is 0 Å². The summed E-state index contributed by atoms with van der Waals surface area (Å²) < 4.78 is 16.0. The number of benzene rings is 2. The van der Waals surface area contributed by atoms with Crippen molar-refractivity contribution in [2.45, 2.75) is 26.3 Å². The molecule has 0 bridgehead atoms. The van der Waals surface area contributed by atoms with Crippen molar-refractivity contribution >= 4 is 29.9 Å². The van der Waals surface area contributed by atoms with Crippen molar-refractivity contribution in [2.24, 2.45) is 4.99 Å². The van der Waals surface area contributed by atoms with Crippen molar-refractivity contribution in [3.05, 3.63) is 53.6 Å². The van der Waals surface area contributed by atoms with Gasteiger partial charge in [0.25, 0.3) is 0 Å². The number of nitrogens with one attached hydrogen (secondary N) is 2. The second kappa shape index (κ2) is 13.9. The molecule has 0 saturated carbocycles. The summed E-state index contributed by atoms with van der Waals surface area (Å²) in [6, 6.07) is 14.0. The molecule has 29 heavy (non-hydrogen) atoms. The van der Waals surface area contributed by atoms with E-state index in [9.17, 15) is 0 Å². The highest BCUT2D eigenvalue weighted by Gasteiger charge is 2.05. The summed E-state index contributed by atoms with van der Waals surface area (Å²) in [5.41, 5.74) is 2.28. The first-order valence-corrected chi connectivity index (χ1v) is 9.56. The molecule has 0 spiro atoms. The highest BCUT2D eigenvalue weighted by molar-refractivity contribution is 14.0. The Hall–Kier alpha value is -2.16. The maximum atomic E-state index is 5.39. The molecule has 0 aliphatic heterocycles. The van der Waals surface area contributed by atoms with Gasteiger partial charge in [-0.3, -0.25) is 0 Å². The lowest BCUT2D eigenvalue weighted by atomic mass is 10.1. The molecule has 0 radical (unpaired) electrons. The molecule has 6 nitrogen and oxygen atoms in total. The summed E-state index contributed by atoms with van der Waals surface area (Å²) in [5, 5.41) is 6.68. The molecule has 0 heterocycles. The van der Waals surface area contributed by atoms with Crippen LogP contribution in [-0.2, 0) is 13.0 Å². The Morgan fingerprint density at radius 3 is 2.31 bits per heavy atom. The number of para-hydroxylation sites is 1. The van der Waals surface area contributed by atoms with E-state index >= 15 is 0 Å². The van der Waals surface area contributed by atoms with Crippen LogP contribution in [0.3, 0.4) is 0 Å². The number of rotatable bonds is 10. The summed E-state index contributed by atoms with van der Waals surface area (Å²) in [7, 11) is 4.98. The highest BCUT2D eigenvalue weighted by atomic mass is 127. The first-order valence-electron chi connectivity index (χ1n) is 9.56. The number of aliphatic imine (C=N–C) groups is 1. The van der Waals surface area contributed by atoms with Gasteiger partial charge in [-0.25, -0.2) is 4.99 Å². The van der Waals surface area contributed by atoms with E-state index in [1.54, 1.807) is 21.3 Å². The maximum Gasteiger partial charge on any atom is 0.191 e. The van der Waals surface area contributed by atoms with Gasteiger partial charge in [0.1, 0.15) is 5.75 Å². The van der Waals surface area contributed by atoms with E-state index in [1.165, 1.54) is 5.56 Å². The molecule has 2 N–H and O–H groups in total. The van der Waals surface area contributed by atoms with E-state index in [0.717, 1.165) is 54.7 Å². The fourth-order valence-corrected chi connectivity index (χ4v) is 2.88. The van der Waals surface area contributed by atoms with Crippen LogP contribution >= 0.6 is 24.0 Å². The van der Waals surface area contributed by atoms with E-state index in [0.29, 0.717) is 6.54 Å². The van der Waals surface area contributed by atoms with Crippen LogP contribution in [0.4, 0.5) is 0 Å². The fraction of sp³-hybridized carbons (Fsp3) is 0.409. The van der Waals surface area contributed by atoms with Gasteiger partial charge in [-0.15, -0.1) is 24.0 Å². The van der Waals surface area contributed by atoms with Gasteiger partial charge in [0, 0.05) is 18.7 Å². The van der Waals surface area contributed by atoms with Gasteiger partial charge >= 0.3 is 0 Å². The largest absolute Gasteiger partial charge is 0.496 e. The highest BCUT2D eigenvalue weighted by Crippen LogP contribution is 2.27. The summed E-state index contributed by atoms with van der Waals surface area (Å²) in [6.07, 6.45) is 1.92. The molecule has 0 amide bonds. The number of aryl methyl sites for hydroxylation is 1. The lowest BCUT2D eigenvalue weighted by Crippen LogP contribution is -2.37. The average molecular weight is 513 g/mol. The van der Waals surface area contributed by atoms with Gasteiger partial charge in [0.2, 0.25) is 0 Å². The van der Waals surface area contributed by atoms with Crippen molar-refractivity contribution in [3.63, 3.8) is 0 Å². The number of hydrogen-bond donors (Lipinski definition) is 2. The Kier molecular flexibility index (Phi) is 11.9. The van der Waals surface area contributed by atoms with Crippen LogP contribution < -0.4 is 24.8 Å². The summed E-state index contributed by atoms with van der Waals surface area (Å²) in [5.74, 6) is 3.18. The van der Waals surface area contributed by atoms with Crippen molar-refractivity contribution < 1.29 is 14.2 Å². The molecule has 2 aromatic carbocycles. The number of methoxy groups -OCH3 is 3. The van der Waals surface area contributed by atoms with Crippen LogP contribution in [0.25, 0.3) is 0 Å². The molecule has 0 atom stereocenters. The predicted octanol–water partition coefficient (Wildman–Crippen LogP) is 4.02. The van der Waals surface area contributed by atoms with Gasteiger partial charge in [0.15, 0.2) is 17.5 Å². The second-order valence-electron chi connectivity index (χ2n) is 6.23. The zero-order valence-electron chi connectivity index (χ0n) is 17.7. The smallest absolute Gasteiger partial charge is 0.191 e. The zero-order chi connectivity index (χ0) is 20.2. The Morgan fingerprint density at radius 1 is 0.897 bits per heavy atom. The molecule has 7 heteroatoms. The number of nitrogens with zero attached hydrogens (tertiary/aromatic N) is 1. The van der Waals surface area contributed by atoms with Gasteiger partial charge in [0.05, 0.1) is 27.9 Å². The molecule has 0 saturated heterocycles. The number of ether oxygens (including phenoxy) is 3. The second-order valence-corrected chi connectivity index (χ2v) is 6.23. The third-order valence-electron chi connectivity index (χ3n) is 4.33. The predicted molar refractivity (Wildman–Crippen MR) is 129 cm³/mol. The minimum Gasteiger partial charge on any atom is -0.496 e. The minimum atomic E-state index is 0. The number of halogens is 1. The molecule has 0 fully saturated rings. The van der Waals surface area contributed by atoms with Gasteiger partial charge in [-0.05, 0) is 43.5 Å². The molecule has 0 aromatic heterocycles. The van der Waals surface area contributed by atoms with E-state index in [1.807, 2.05) is 36.4 Å². The Labute approximate surface area is 191 Å². The monoisotopic (exact) mass is 513 g/mol. The normalized spacial score (nSPS) is 10.7. The molecule has 2 rings (SSSR count). The quantitative estimate of drug-likeness (QED) is 0.218. The lowest BCUT2D eigenvalue weighted by molar-refractivity contribution is 0.354. The van der Waals surface area contributed by atoms with Crippen LogP contribution in [0.15, 0.2) is 47.5 Å². The first kappa shape index (κ1) is 24.9. The third-order valence-corrected chi connectivity index (χ3v) is 4.33. The molecule has 2 aromatic rings. The Morgan fingerprint density at radius 2 is 1.62 bits per heavy atom. The van der Waals surface area contributed by atoms with Crippen LogP contribution in [0, 0.1) is 0 Å². The molecular weight excluding hydrogens is 481 g/mol. The van der Waals surface area contributed by atoms with E-state index in [-0.39, 0.29) is 24.0 Å². The molecule has 160 valence electrons. The van der Waals surface area contributed by atoms with Gasteiger partial charge in [-0.2, -0.15) is 0 Å². The fourth-order valence-electron chi connectivity index (χ4n) is 2.88. The van der Waals surface area contributed by atoms with Crippen molar-refractivity contribution in [1.29, 1.82) is 0 Å². The maximum absolute atomic E-state index is 5.39. The SMILES string of the molecule is CCNC(=NCc1ccccc1OC)NCCCc1ccc(OC)c(OC)c1.I. The zero-order valence-corrected chi connectivity index (χ0v) is 20.0. The summed E-state index contributed by atoms with van der Waals surface area (Å²) in [4.78, 5) is 4.66. The van der Waals surface area contributed by atoms with Crippen molar-refractivity contribution in [3.8, 4) is 17.2 Å². The van der Waals surface area contributed by atoms with Gasteiger partial charge in [-0.1, -0.05) is 24.3 Å². The number of guanidine groups is 1. The van der Waals surface area contributed by atoms with E-state index in [2.05, 4.69) is 28.6 Å². The van der Waals surface area contributed by atoms with E-state index in [4.69, 9.17) is 14.2 Å². The molecular formula is C22H32IN3O3. The lowest BCUT2D eigenvalue weighted by Gasteiger charge is -2.13. The molecule has 0 aliphatic rings. The summed E-state index contributed by atoms with van der Waals surface area (Å²) in [6.45, 7) is 4.26. The average Bonchev–Trinajstić information content (AvgIpc) is 2.74. The molecule has 0 unspecified atom stereocenters. The van der Waals surface area contributed by atoms with Gasteiger partial charge < -0.3 is 24.8 Å². The topological polar surface area (TPSA) is 64.1 Å². The van der Waals surface area contributed by atoms with Crippen molar-refractivity contribution in [2.75, 3.05) is 34.4 Å². The van der Waals surface area contributed by atoms with Crippen LogP contribution in [0.2, 0.25) is 0 Å². The number of hydrogen-bond acceptors (Lipinski definition) is 4. The van der Waals surface area contributed by atoms with Crippen LogP contribution in [-0.4, -0.2) is 40.4 Å². The standard InChI is InChI=1S/C22H31N3O3.HI/c1-5-23-22(25-16-18-10-6-7-11-19(18)26-2)24-14-8-9-17-12-13-20(27-3)21(15-17)28-4;/h6-7,10-13,15H,5,8-9,14,16H2,1-4H3,(H2,23,24,25);1H. The summed E-state index contributed by atoms with van der Waals surface area (Å²) >= 11 is 0. The third kappa shape index (κ3) is 8.00. The Bertz CT molecular complexity index is 769. The van der Waals surface area contributed by atoms with Crippen LogP contribution in [0.5, 0.6) is 17.2 Å².